The minimum atomic E-state index is -3.44. The van der Waals surface area contributed by atoms with Crippen molar-refractivity contribution in [2.75, 3.05) is 18.4 Å². The van der Waals surface area contributed by atoms with E-state index in [9.17, 15) is 8.42 Å². The predicted octanol–water partition coefficient (Wildman–Crippen LogP) is 3.25. The van der Waals surface area contributed by atoms with Gasteiger partial charge in [0.2, 0.25) is 10.0 Å². The monoisotopic (exact) mass is 341 g/mol. The lowest BCUT2D eigenvalue weighted by atomic mass is 10.1. The van der Waals surface area contributed by atoms with Gasteiger partial charge < -0.3 is 0 Å². The molecule has 0 spiro atoms. The highest BCUT2D eigenvalue weighted by molar-refractivity contribution is 9.09. The van der Waals surface area contributed by atoms with Crippen LogP contribution >= 0.6 is 15.9 Å². The summed E-state index contributed by atoms with van der Waals surface area (Å²) in [7, 11) is -3.44. The zero-order valence-corrected chi connectivity index (χ0v) is 13.1. The highest BCUT2D eigenvalue weighted by atomic mass is 79.9. The average Bonchev–Trinajstić information content (AvgIpc) is 2.43. The molecule has 0 radical (unpaired) electrons. The van der Waals surface area contributed by atoms with Crippen molar-refractivity contribution in [3.8, 4) is 0 Å². The van der Waals surface area contributed by atoms with Crippen LogP contribution in [0.25, 0.3) is 10.8 Å². The SMILES string of the molecule is CCN(CCBr)S(=O)(=O)c1cccc2ccccc12. The zero-order valence-electron chi connectivity index (χ0n) is 10.7. The maximum absolute atomic E-state index is 12.7. The molecule has 0 atom stereocenters. The Kier molecular flexibility index (Phi) is 4.60. The number of alkyl halides is 1. The van der Waals surface area contributed by atoms with E-state index < -0.39 is 10.0 Å². The maximum Gasteiger partial charge on any atom is 0.243 e. The molecule has 5 heteroatoms. The molecule has 0 saturated carbocycles. The molecule has 0 heterocycles. The number of nitrogens with zero attached hydrogens (tertiary/aromatic N) is 1. The summed E-state index contributed by atoms with van der Waals surface area (Å²) >= 11 is 3.30. The third-order valence-corrected chi connectivity index (χ3v) is 5.44. The van der Waals surface area contributed by atoms with Crippen molar-refractivity contribution in [3.63, 3.8) is 0 Å². The number of sulfonamides is 1. The van der Waals surface area contributed by atoms with Crippen LogP contribution in [-0.4, -0.2) is 31.1 Å². The maximum atomic E-state index is 12.7. The van der Waals surface area contributed by atoms with E-state index in [-0.39, 0.29) is 0 Å². The Morgan fingerprint density at radius 1 is 1.11 bits per heavy atom. The normalized spacial score (nSPS) is 12.2. The first-order valence-electron chi connectivity index (χ1n) is 6.15. The van der Waals surface area contributed by atoms with E-state index >= 15 is 0 Å². The second-order valence-corrected chi connectivity index (χ2v) is 6.86. The number of benzene rings is 2. The Morgan fingerprint density at radius 2 is 1.79 bits per heavy atom. The Bertz CT molecular complexity index is 665. The summed E-state index contributed by atoms with van der Waals surface area (Å²) in [6.45, 7) is 2.80. The van der Waals surface area contributed by atoms with Gasteiger partial charge in [-0.1, -0.05) is 59.3 Å². The fraction of sp³-hybridized carbons (Fsp3) is 0.286. The first-order valence-corrected chi connectivity index (χ1v) is 8.71. The van der Waals surface area contributed by atoms with E-state index in [2.05, 4.69) is 15.9 Å². The van der Waals surface area contributed by atoms with Crippen molar-refractivity contribution in [2.45, 2.75) is 11.8 Å². The summed E-state index contributed by atoms with van der Waals surface area (Å²) in [6, 6.07) is 12.9. The van der Waals surface area contributed by atoms with Crippen LogP contribution in [0, 0.1) is 0 Å². The van der Waals surface area contributed by atoms with Crippen LogP contribution in [0.4, 0.5) is 0 Å². The topological polar surface area (TPSA) is 37.4 Å². The van der Waals surface area contributed by atoms with E-state index in [4.69, 9.17) is 0 Å². The number of halogens is 1. The summed E-state index contributed by atoms with van der Waals surface area (Å²) in [4.78, 5) is 0.383. The Morgan fingerprint density at radius 3 is 2.47 bits per heavy atom. The molecule has 0 saturated heterocycles. The summed E-state index contributed by atoms with van der Waals surface area (Å²) in [5, 5.41) is 2.35. The van der Waals surface area contributed by atoms with Crippen molar-refractivity contribution in [2.24, 2.45) is 0 Å². The van der Waals surface area contributed by atoms with Crippen molar-refractivity contribution >= 4 is 36.7 Å². The molecule has 0 fully saturated rings. The highest BCUT2D eigenvalue weighted by Gasteiger charge is 2.24. The zero-order chi connectivity index (χ0) is 13.9. The highest BCUT2D eigenvalue weighted by Crippen LogP contribution is 2.25. The van der Waals surface area contributed by atoms with Gasteiger partial charge in [-0.25, -0.2) is 8.42 Å². The van der Waals surface area contributed by atoms with Gasteiger partial charge in [-0.3, -0.25) is 0 Å². The van der Waals surface area contributed by atoms with Gasteiger partial charge in [0, 0.05) is 23.8 Å². The fourth-order valence-corrected chi connectivity index (χ4v) is 4.43. The lowest BCUT2D eigenvalue weighted by Gasteiger charge is -2.20. The quantitative estimate of drug-likeness (QED) is 0.783. The van der Waals surface area contributed by atoms with Crippen LogP contribution in [-0.2, 0) is 10.0 Å². The predicted molar refractivity (Wildman–Crippen MR) is 82.2 cm³/mol. The van der Waals surface area contributed by atoms with E-state index in [1.54, 1.807) is 12.1 Å². The third kappa shape index (κ3) is 2.83. The molecule has 0 bridgehead atoms. The van der Waals surface area contributed by atoms with Gasteiger partial charge in [0.15, 0.2) is 0 Å². The minimum Gasteiger partial charge on any atom is -0.207 e. The molecular weight excluding hydrogens is 326 g/mol. The van der Waals surface area contributed by atoms with Crippen LogP contribution in [0.5, 0.6) is 0 Å². The largest absolute Gasteiger partial charge is 0.243 e. The number of hydrogen-bond acceptors (Lipinski definition) is 2. The molecule has 0 aliphatic rings. The van der Waals surface area contributed by atoms with Crippen LogP contribution in [0.1, 0.15) is 6.92 Å². The van der Waals surface area contributed by atoms with E-state index in [0.29, 0.717) is 23.3 Å². The van der Waals surface area contributed by atoms with Crippen LogP contribution in [0.3, 0.4) is 0 Å². The molecule has 0 N–H and O–H groups in total. The van der Waals surface area contributed by atoms with Gasteiger partial charge in [-0.2, -0.15) is 4.31 Å². The molecule has 2 rings (SSSR count). The Balaban J connectivity index is 2.60. The second-order valence-electron chi connectivity index (χ2n) is 4.16. The molecule has 2 aromatic rings. The van der Waals surface area contributed by atoms with Crippen molar-refractivity contribution in [1.82, 2.24) is 4.31 Å². The van der Waals surface area contributed by atoms with Gasteiger partial charge in [0.25, 0.3) is 0 Å². The number of rotatable bonds is 5. The summed E-state index contributed by atoms with van der Waals surface area (Å²) in [5.74, 6) is 0. The molecule has 0 unspecified atom stereocenters. The van der Waals surface area contributed by atoms with Crippen molar-refractivity contribution in [1.29, 1.82) is 0 Å². The van der Waals surface area contributed by atoms with Gasteiger partial charge in [-0.05, 0) is 11.5 Å². The van der Waals surface area contributed by atoms with E-state index in [1.165, 1.54) is 4.31 Å². The fourth-order valence-electron chi connectivity index (χ4n) is 2.10. The van der Waals surface area contributed by atoms with Crippen LogP contribution in [0.15, 0.2) is 47.4 Å². The van der Waals surface area contributed by atoms with Gasteiger partial charge in [-0.15, -0.1) is 0 Å². The van der Waals surface area contributed by atoms with Crippen molar-refractivity contribution < 1.29 is 8.42 Å². The standard InChI is InChI=1S/C14H16BrNO2S/c1-2-16(11-10-15)19(17,18)14-9-5-7-12-6-3-4-8-13(12)14/h3-9H,2,10-11H2,1H3. The molecular formula is C14H16BrNO2S. The molecule has 3 nitrogen and oxygen atoms in total. The number of fused-ring (bicyclic) bond motifs is 1. The van der Waals surface area contributed by atoms with Crippen LogP contribution in [0.2, 0.25) is 0 Å². The summed E-state index contributed by atoms with van der Waals surface area (Å²) in [6.07, 6.45) is 0. The van der Waals surface area contributed by atoms with Crippen LogP contribution < -0.4 is 0 Å². The summed E-state index contributed by atoms with van der Waals surface area (Å²) in [5.41, 5.74) is 0. The molecule has 0 amide bonds. The third-order valence-electron chi connectivity index (χ3n) is 3.05. The first-order chi connectivity index (χ1) is 9.11. The average molecular weight is 342 g/mol. The van der Waals surface area contributed by atoms with E-state index in [0.717, 1.165) is 10.8 Å². The Hall–Kier alpha value is -0.910. The van der Waals surface area contributed by atoms with Gasteiger partial charge in [0.05, 0.1) is 4.90 Å². The smallest absolute Gasteiger partial charge is 0.207 e. The Labute approximate surface area is 122 Å². The molecule has 0 aliphatic heterocycles. The molecule has 2 aromatic carbocycles. The minimum absolute atomic E-state index is 0.383. The molecule has 0 aliphatic carbocycles. The molecule has 102 valence electrons. The molecule has 19 heavy (non-hydrogen) atoms. The van der Waals surface area contributed by atoms with Gasteiger partial charge in [0.1, 0.15) is 0 Å². The van der Waals surface area contributed by atoms with Gasteiger partial charge >= 0.3 is 0 Å². The van der Waals surface area contributed by atoms with E-state index in [1.807, 2.05) is 37.3 Å². The number of hydrogen-bond donors (Lipinski definition) is 0. The summed E-state index contributed by atoms with van der Waals surface area (Å²) < 4.78 is 26.8. The first kappa shape index (κ1) is 14.5. The lowest BCUT2D eigenvalue weighted by molar-refractivity contribution is 0.449. The lowest BCUT2D eigenvalue weighted by Crippen LogP contribution is -2.32. The van der Waals surface area contributed by atoms with Crippen molar-refractivity contribution in [3.05, 3.63) is 42.5 Å². The second kappa shape index (κ2) is 6.03. The molecule has 0 aromatic heterocycles.